The molecule has 1 spiro atoms. The molecule has 10 aromatic rings. The van der Waals surface area contributed by atoms with Gasteiger partial charge in [-0.25, -0.2) is 19.9 Å². The zero-order valence-corrected chi connectivity index (χ0v) is 32.0. The largest absolute Gasteiger partial charge is 0.247 e. The van der Waals surface area contributed by atoms with Crippen LogP contribution in [0.15, 0.2) is 204 Å². The second-order valence-corrected chi connectivity index (χ2v) is 16.0. The standard InChI is InChI=1S/C53H32N4S/c1-3-16-33(17-4-1)50-55-51(34-18-5-2-6-19-34)57-52(56-50)36-21-15-20-35(30-36)49-41-31-40-37-22-7-9-24-42(37)53(45(40)32-39(41)38-23-8-12-27-46(38)54-49)43-25-10-13-28-47(43)58-48-29-14-11-26-44(48)53/h1-32H. The Balaban J connectivity index is 1.11. The van der Waals surface area contributed by atoms with Crippen molar-refractivity contribution in [3.63, 3.8) is 0 Å². The molecule has 3 heterocycles. The van der Waals surface area contributed by atoms with Crippen molar-refractivity contribution in [2.24, 2.45) is 0 Å². The van der Waals surface area contributed by atoms with Crippen LogP contribution in [0.1, 0.15) is 22.3 Å². The molecule has 4 nitrogen and oxygen atoms in total. The molecule has 0 atom stereocenters. The van der Waals surface area contributed by atoms with E-state index < -0.39 is 5.41 Å². The Bertz CT molecular complexity index is 3170. The van der Waals surface area contributed by atoms with Crippen molar-refractivity contribution in [2.75, 3.05) is 0 Å². The summed E-state index contributed by atoms with van der Waals surface area (Å²) in [5.74, 6) is 1.89. The molecule has 58 heavy (non-hydrogen) atoms. The number of aromatic nitrogens is 4. The van der Waals surface area contributed by atoms with E-state index in [0.29, 0.717) is 17.5 Å². The summed E-state index contributed by atoms with van der Waals surface area (Å²) in [4.78, 5) is 23.1. The lowest BCUT2D eigenvalue weighted by molar-refractivity contribution is 0.723. The number of para-hydroxylation sites is 1. The van der Waals surface area contributed by atoms with E-state index in [0.717, 1.165) is 44.2 Å². The van der Waals surface area contributed by atoms with Crippen LogP contribution in [0.5, 0.6) is 0 Å². The smallest absolute Gasteiger partial charge is 0.164 e. The predicted molar refractivity (Wildman–Crippen MR) is 236 cm³/mol. The molecule has 1 aliphatic heterocycles. The second-order valence-electron chi connectivity index (χ2n) is 14.9. The van der Waals surface area contributed by atoms with Gasteiger partial charge in [0.15, 0.2) is 17.5 Å². The molecule has 270 valence electrons. The van der Waals surface area contributed by atoms with E-state index in [1.54, 1.807) is 0 Å². The molecule has 0 amide bonds. The monoisotopic (exact) mass is 756 g/mol. The third-order valence-electron chi connectivity index (χ3n) is 11.8. The highest BCUT2D eigenvalue weighted by Gasteiger charge is 2.50. The van der Waals surface area contributed by atoms with Gasteiger partial charge in [0.2, 0.25) is 0 Å². The number of fused-ring (bicyclic) bond motifs is 12. The van der Waals surface area contributed by atoms with E-state index in [-0.39, 0.29) is 0 Å². The fourth-order valence-electron chi connectivity index (χ4n) is 9.26. The molecular formula is C53H32N4S. The van der Waals surface area contributed by atoms with Crippen LogP contribution in [-0.4, -0.2) is 19.9 Å². The van der Waals surface area contributed by atoms with Gasteiger partial charge in [0.1, 0.15) is 0 Å². The van der Waals surface area contributed by atoms with Crippen molar-refractivity contribution in [1.82, 2.24) is 19.9 Å². The average molecular weight is 757 g/mol. The van der Waals surface area contributed by atoms with E-state index in [9.17, 15) is 0 Å². The Morgan fingerprint density at radius 3 is 1.55 bits per heavy atom. The molecule has 1 aliphatic carbocycles. The molecule has 2 aromatic heterocycles. The lowest BCUT2D eigenvalue weighted by atomic mass is 9.67. The lowest BCUT2D eigenvalue weighted by Gasteiger charge is -2.39. The van der Waals surface area contributed by atoms with Gasteiger partial charge in [-0.3, -0.25) is 0 Å². The van der Waals surface area contributed by atoms with Crippen molar-refractivity contribution in [2.45, 2.75) is 15.2 Å². The van der Waals surface area contributed by atoms with Gasteiger partial charge in [0.05, 0.1) is 16.6 Å². The minimum absolute atomic E-state index is 0.464. The fraction of sp³-hybridized carbons (Fsp3) is 0.0189. The maximum absolute atomic E-state index is 5.44. The summed E-state index contributed by atoms with van der Waals surface area (Å²) in [5, 5.41) is 3.43. The van der Waals surface area contributed by atoms with E-state index in [2.05, 4.69) is 133 Å². The molecule has 0 bridgehead atoms. The normalized spacial score (nSPS) is 13.2. The van der Waals surface area contributed by atoms with Crippen LogP contribution in [0, 0.1) is 0 Å². The van der Waals surface area contributed by atoms with Gasteiger partial charge in [0.25, 0.3) is 0 Å². The molecule has 0 radical (unpaired) electrons. The second kappa shape index (κ2) is 12.9. The first-order valence-corrected chi connectivity index (χ1v) is 20.4. The first-order valence-electron chi connectivity index (χ1n) is 19.6. The van der Waals surface area contributed by atoms with Crippen LogP contribution >= 0.6 is 11.8 Å². The van der Waals surface area contributed by atoms with Gasteiger partial charge in [0, 0.05) is 42.8 Å². The molecule has 0 saturated carbocycles. The van der Waals surface area contributed by atoms with Crippen molar-refractivity contribution in [1.29, 1.82) is 0 Å². The van der Waals surface area contributed by atoms with Gasteiger partial charge in [-0.2, -0.15) is 0 Å². The van der Waals surface area contributed by atoms with Gasteiger partial charge >= 0.3 is 0 Å². The molecule has 12 rings (SSSR count). The fourth-order valence-corrected chi connectivity index (χ4v) is 10.5. The topological polar surface area (TPSA) is 51.6 Å². The third-order valence-corrected chi connectivity index (χ3v) is 12.9. The van der Waals surface area contributed by atoms with Gasteiger partial charge in [-0.05, 0) is 75.2 Å². The summed E-state index contributed by atoms with van der Waals surface area (Å²) >= 11 is 1.87. The maximum atomic E-state index is 5.44. The lowest BCUT2D eigenvalue weighted by Crippen LogP contribution is -2.31. The van der Waals surface area contributed by atoms with Crippen LogP contribution in [0.2, 0.25) is 0 Å². The van der Waals surface area contributed by atoms with Crippen molar-refractivity contribution < 1.29 is 0 Å². The van der Waals surface area contributed by atoms with Crippen molar-refractivity contribution in [3.8, 4) is 56.5 Å². The number of benzene rings is 8. The minimum Gasteiger partial charge on any atom is -0.247 e. The summed E-state index contributed by atoms with van der Waals surface area (Å²) in [5.41, 5.74) is 13.0. The molecule has 2 aliphatic rings. The molecule has 0 N–H and O–H groups in total. The van der Waals surface area contributed by atoms with Crippen LogP contribution in [0.4, 0.5) is 0 Å². The van der Waals surface area contributed by atoms with Gasteiger partial charge in [-0.15, -0.1) is 0 Å². The third kappa shape index (κ3) is 4.90. The summed E-state index contributed by atoms with van der Waals surface area (Å²) in [6.07, 6.45) is 0. The number of nitrogens with zero attached hydrogens (tertiary/aromatic N) is 4. The van der Waals surface area contributed by atoms with E-state index in [1.807, 2.05) is 72.4 Å². The first-order chi connectivity index (χ1) is 28.7. The van der Waals surface area contributed by atoms with Crippen LogP contribution in [0.25, 0.3) is 78.2 Å². The predicted octanol–water partition coefficient (Wildman–Crippen LogP) is 13.1. The summed E-state index contributed by atoms with van der Waals surface area (Å²) < 4.78 is 0. The van der Waals surface area contributed by atoms with Crippen LogP contribution < -0.4 is 0 Å². The molecule has 0 saturated heterocycles. The molecule has 8 aromatic carbocycles. The maximum Gasteiger partial charge on any atom is 0.164 e. The Labute approximate surface area is 340 Å². The van der Waals surface area contributed by atoms with E-state index in [4.69, 9.17) is 19.9 Å². The highest BCUT2D eigenvalue weighted by atomic mass is 32.2. The molecular weight excluding hydrogens is 725 g/mol. The number of pyridine rings is 1. The zero-order chi connectivity index (χ0) is 38.2. The number of hydrogen-bond acceptors (Lipinski definition) is 5. The van der Waals surface area contributed by atoms with E-state index in [1.165, 1.54) is 48.6 Å². The molecule has 0 fully saturated rings. The number of rotatable bonds is 4. The average Bonchev–Trinajstić information content (AvgIpc) is 3.58. The van der Waals surface area contributed by atoms with Gasteiger partial charge < -0.3 is 0 Å². The summed E-state index contributed by atoms with van der Waals surface area (Å²) in [6.45, 7) is 0. The van der Waals surface area contributed by atoms with Crippen LogP contribution in [-0.2, 0) is 5.41 Å². The van der Waals surface area contributed by atoms with Gasteiger partial charge in [-0.1, -0.05) is 169 Å². The Hall–Kier alpha value is -7.21. The summed E-state index contributed by atoms with van der Waals surface area (Å²) in [7, 11) is 0. The highest BCUT2D eigenvalue weighted by molar-refractivity contribution is 7.99. The summed E-state index contributed by atoms with van der Waals surface area (Å²) in [6, 6.07) is 69.1. The zero-order valence-electron chi connectivity index (χ0n) is 31.2. The van der Waals surface area contributed by atoms with Crippen LogP contribution in [0.3, 0.4) is 0 Å². The molecule has 0 unspecified atom stereocenters. The first kappa shape index (κ1) is 33.0. The van der Waals surface area contributed by atoms with Crippen molar-refractivity contribution in [3.05, 3.63) is 216 Å². The van der Waals surface area contributed by atoms with E-state index >= 15 is 0 Å². The quantitative estimate of drug-likeness (QED) is 0.167. The SMILES string of the molecule is c1ccc(-c2nc(-c3ccccc3)nc(-c3cccc(-c4nc5ccccc5c5cc6c(cc45)-c4ccccc4C64c5ccccc5Sc5ccccc54)c3)n2)cc1. The Morgan fingerprint density at radius 1 is 0.328 bits per heavy atom. The number of hydrogen-bond donors (Lipinski definition) is 0. The minimum atomic E-state index is -0.464. The Morgan fingerprint density at radius 2 is 0.862 bits per heavy atom. The van der Waals surface area contributed by atoms with Crippen molar-refractivity contribution >= 4 is 33.4 Å². The Kier molecular flexibility index (Phi) is 7.34. The molecule has 5 heteroatoms. The highest BCUT2D eigenvalue weighted by Crippen LogP contribution is 2.62.